The summed E-state index contributed by atoms with van der Waals surface area (Å²) < 4.78 is 20.3. The Balaban J connectivity index is 0. The zero-order valence-corrected chi connectivity index (χ0v) is 4.60. The Morgan fingerprint density at radius 3 is 1.67 bits per heavy atom. The minimum absolute atomic E-state index is 0.833. The molecule has 0 radical (unpaired) electrons. The fourth-order valence-corrected chi connectivity index (χ4v) is 0. The van der Waals surface area contributed by atoms with E-state index in [1.807, 2.05) is 0 Å². The van der Waals surface area contributed by atoms with Crippen LogP contribution in [0.3, 0.4) is 0 Å². The summed E-state index contributed by atoms with van der Waals surface area (Å²) in [6.07, 6.45) is -1.00. The highest BCUT2D eigenvalue weighted by Gasteiger charge is 1.73. The Morgan fingerprint density at radius 2 is 1.67 bits per heavy atom. The maximum atomic E-state index is 10.1. The molecule has 0 saturated carbocycles. The van der Waals surface area contributed by atoms with E-state index in [1.54, 1.807) is 0 Å². The molecule has 9 heavy (non-hydrogen) atoms. The number of hydrogen-bond donors (Lipinski definition) is 1. The van der Waals surface area contributed by atoms with Gasteiger partial charge in [0.15, 0.2) is 0 Å². The molecule has 0 atom stereocenters. The highest BCUT2D eigenvalue weighted by atomic mass is 19.3. The van der Waals surface area contributed by atoms with Gasteiger partial charge in [0.1, 0.15) is 0 Å². The van der Waals surface area contributed by atoms with Gasteiger partial charge in [-0.1, -0.05) is 6.58 Å². The molecule has 0 spiro atoms. The lowest BCUT2D eigenvalue weighted by Gasteiger charge is -1.64. The maximum Gasteiger partial charge on any atom is 0.327 e. The van der Waals surface area contributed by atoms with Crippen LogP contribution in [0.15, 0.2) is 25.3 Å². The SMILES string of the molecule is C=C(F)F.C=CC(=O)O. The number of hydrogen-bond acceptors (Lipinski definition) is 1. The third kappa shape index (κ3) is 240. The third-order valence-corrected chi connectivity index (χ3v) is 0.175. The molecule has 0 aromatic rings. The second kappa shape index (κ2) is 6.81. The van der Waals surface area contributed by atoms with Gasteiger partial charge in [0.2, 0.25) is 0 Å². The molecule has 2 nitrogen and oxygen atoms in total. The van der Waals surface area contributed by atoms with Crippen LogP contribution in [0.25, 0.3) is 0 Å². The Morgan fingerprint density at radius 1 is 1.56 bits per heavy atom. The van der Waals surface area contributed by atoms with Gasteiger partial charge in [-0.05, 0) is 6.58 Å². The van der Waals surface area contributed by atoms with Gasteiger partial charge in [0.25, 0.3) is 6.08 Å². The fourth-order valence-electron chi connectivity index (χ4n) is 0. The second-order valence-corrected chi connectivity index (χ2v) is 0.881. The van der Waals surface area contributed by atoms with Gasteiger partial charge in [0.05, 0.1) is 0 Å². The lowest BCUT2D eigenvalue weighted by molar-refractivity contribution is -0.131. The molecule has 0 aromatic carbocycles. The number of rotatable bonds is 1. The van der Waals surface area contributed by atoms with Gasteiger partial charge >= 0.3 is 5.97 Å². The smallest absolute Gasteiger partial charge is 0.327 e. The van der Waals surface area contributed by atoms with E-state index < -0.39 is 12.0 Å². The highest BCUT2D eigenvalue weighted by Crippen LogP contribution is 1.85. The number of aliphatic carboxylic acids is 1. The molecule has 52 valence electrons. The maximum absolute atomic E-state index is 10.1. The van der Waals surface area contributed by atoms with Crippen LogP contribution in [0.1, 0.15) is 0 Å². The first-order valence-corrected chi connectivity index (χ1v) is 1.86. The number of halogens is 2. The summed E-state index contributed by atoms with van der Waals surface area (Å²) in [4.78, 5) is 9.25. The van der Waals surface area contributed by atoms with Gasteiger partial charge in [-0.15, -0.1) is 0 Å². The van der Waals surface area contributed by atoms with Crippen molar-refractivity contribution in [2.45, 2.75) is 0 Å². The van der Waals surface area contributed by atoms with Crippen LogP contribution in [0.4, 0.5) is 8.78 Å². The van der Waals surface area contributed by atoms with E-state index in [0.29, 0.717) is 0 Å². The predicted molar refractivity (Wildman–Crippen MR) is 29.2 cm³/mol. The quantitative estimate of drug-likeness (QED) is 0.556. The van der Waals surface area contributed by atoms with Crippen LogP contribution in [0, 0.1) is 0 Å². The van der Waals surface area contributed by atoms with E-state index in [9.17, 15) is 13.6 Å². The molecule has 0 fully saturated rings. The molecule has 0 aliphatic heterocycles. The van der Waals surface area contributed by atoms with Gasteiger partial charge in [-0.2, -0.15) is 8.78 Å². The second-order valence-electron chi connectivity index (χ2n) is 0.881. The van der Waals surface area contributed by atoms with Crippen LogP contribution < -0.4 is 0 Å². The monoisotopic (exact) mass is 136 g/mol. The van der Waals surface area contributed by atoms with E-state index >= 15 is 0 Å². The Bertz CT molecular complexity index is 116. The molecule has 0 heterocycles. The minimum Gasteiger partial charge on any atom is -0.478 e. The van der Waals surface area contributed by atoms with Gasteiger partial charge in [-0.25, -0.2) is 4.79 Å². The minimum atomic E-state index is -1.83. The predicted octanol–water partition coefficient (Wildman–Crippen LogP) is 1.65. The normalized spacial score (nSPS) is 6.44. The zero-order chi connectivity index (χ0) is 7.86. The van der Waals surface area contributed by atoms with E-state index in [0.717, 1.165) is 6.08 Å². The molecular weight excluding hydrogens is 130 g/mol. The van der Waals surface area contributed by atoms with Gasteiger partial charge < -0.3 is 5.11 Å². The van der Waals surface area contributed by atoms with Gasteiger partial charge in [-0.3, -0.25) is 0 Å². The average molecular weight is 136 g/mol. The largest absolute Gasteiger partial charge is 0.478 e. The van der Waals surface area contributed by atoms with Gasteiger partial charge in [0, 0.05) is 6.08 Å². The number of carbonyl (C=O) groups is 1. The summed E-state index contributed by atoms with van der Waals surface area (Å²) in [7, 11) is 0. The molecule has 0 unspecified atom stereocenters. The summed E-state index contributed by atoms with van der Waals surface area (Å²) in [5.41, 5.74) is 0. The number of carboxylic acids is 1. The highest BCUT2D eigenvalue weighted by molar-refractivity contribution is 5.78. The number of carboxylic acid groups (broad SMARTS) is 1. The standard InChI is InChI=1S/C3H4O2.C2H2F2/c1-2-3(4)5;1-2(3)4/h2H,1H2,(H,4,5);1H2. The van der Waals surface area contributed by atoms with Crippen molar-refractivity contribution in [3.8, 4) is 0 Å². The van der Waals surface area contributed by atoms with Crippen molar-refractivity contribution in [1.82, 2.24) is 0 Å². The summed E-state index contributed by atoms with van der Waals surface area (Å²) in [5.74, 6) is -0.981. The molecule has 0 amide bonds. The average Bonchev–Trinajstić information content (AvgIpc) is 1.65. The molecule has 0 aromatic heterocycles. The van der Waals surface area contributed by atoms with E-state index in [-0.39, 0.29) is 0 Å². The summed E-state index contributed by atoms with van der Waals surface area (Å²) >= 11 is 0. The van der Waals surface area contributed by atoms with Crippen LogP contribution in [0.5, 0.6) is 0 Å². The molecular formula is C5H6F2O2. The van der Waals surface area contributed by atoms with Crippen LogP contribution >= 0.6 is 0 Å². The molecule has 0 aliphatic rings. The first-order valence-electron chi connectivity index (χ1n) is 1.86. The van der Waals surface area contributed by atoms with Crippen molar-refractivity contribution < 1.29 is 18.7 Å². The Labute approximate surface area is 51.1 Å². The van der Waals surface area contributed by atoms with E-state index in [4.69, 9.17) is 5.11 Å². The lowest BCUT2D eigenvalue weighted by atomic mass is 10.7. The van der Waals surface area contributed by atoms with Crippen molar-refractivity contribution in [2.75, 3.05) is 0 Å². The van der Waals surface area contributed by atoms with Crippen LogP contribution in [0.2, 0.25) is 0 Å². The first kappa shape index (κ1) is 10.7. The molecule has 0 rings (SSSR count). The summed E-state index contributed by atoms with van der Waals surface area (Å²) in [5, 5.41) is 7.60. The first-order chi connectivity index (χ1) is 4.00. The third-order valence-electron chi connectivity index (χ3n) is 0.175. The summed E-state index contributed by atoms with van der Waals surface area (Å²) in [6, 6.07) is 0. The van der Waals surface area contributed by atoms with Crippen molar-refractivity contribution in [1.29, 1.82) is 0 Å². The molecule has 4 heteroatoms. The van der Waals surface area contributed by atoms with Crippen molar-refractivity contribution in [2.24, 2.45) is 0 Å². The fraction of sp³-hybridized carbons (Fsp3) is 0. The Hall–Kier alpha value is -1.19. The lowest BCUT2D eigenvalue weighted by Crippen LogP contribution is -1.82. The molecule has 0 bridgehead atoms. The van der Waals surface area contributed by atoms with Crippen molar-refractivity contribution in [3.63, 3.8) is 0 Å². The molecule has 0 aliphatic carbocycles. The topological polar surface area (TPSA) is 37.3 Å². The summed E-state index contributed by atoms with van der Waals surface area (Å²) in [6.45, 7) is 5.18. The van der Waals surface area contributed by atoms with Crippen LogP contribution in [-0.4, -0.2) is 11.1 Å². The molecule has 1 N–H and O–H groups in total. The van der Waals surface area contributed by atoms with Crippen LogP contribution in [-0.2, 0) is 4.79 Å². The molecule has 0 saturated heterocycles. The van der Waals surface area contributed by atoms with Crippen molar-refractivity contribution >= 4 is 5.97 Å². The van der Waals surface area contributed by atoms with E-state index in [2.05, 4.69) is 13.2 Å². The van der Waals surface area contributed by atoms with Crippen molar-refractivity contribution in [3.05, 3.63) is 25.3 Å². The zero-order valence-electron chi connectivity index (χ0n) is 4.60. The Kier molecular flexibility index (Phi) is 8.12. The van der Waals surface area contributed by atoms with E-state index in [1.165, 1.54) is 0 Å².